The zero-order valence-corrected chi connectivity index (χ0v) is 25.4. The number of hydrogen-bond acceptors (Lipinski definition) is 8. The molecule has 5 rings (SSSR count). The summed E-state index contributed by atoms with van der Waals surface area (Å²) in [6, 6.07) is 12.2. The molecule has 2 N–H and O–H groups in total. The highest BCUT2D eigenvalue weighted by atomic mass is 16.5. The molecule has 0 aliphatic carbocycles. The number of fused-ring (bicyclic) bond motifs is 3. The van der Waals surface area contributed by atoms with E-state index in [2.05, 4.69) is 50.7 Å². The quantitative estimate of drug-likeness (QED) is 0.429. The number of nitrogens with zero attached hydrogens (tertiary/aromatic N) is 4. The van der Waals surface area contributed by atoms with E-state index in [0.29, 0.717) is 39.2 Å². The summed E-state index contributed by atoms with van der Waals surface area (Å²) in [7, 11) is 2.08. The van der Waals surface area contributed by atoms with E-state index in [1.807, 2.05) is 41.4 Å². The third-order valence-corrected chi connectivity index (χ3v) is 8.69. The molecule has 1 aromatic carbocycles. The van der Waals surface area contributed by atoms with Gasteiger partial charge in [0.25, 0.3) is 0 Å². The van der Waals surface area contributed by atoms with Gasteiger partial charge in [-0.2, -0.15) is 0 Å². The van der Waals surface area contributed by atoms with Gasteiger partial charge in [0.1, 0.15) is 12.4 Å². The molecular weight excluding hydrogens is 544 g/mol. The summed E-state index contributed by atoms with van der Waals surface area (Å²) >= 11 is 0. The number of hydrogen-bond donors (Lipinski definition) is 2. The Labute approximate surface area is 255 Å². The lowest BCUT2D eigenvalue weighted by Gasteiger charge is -2.37. The van der Waals surface area contributed by atoms with E-state index in [4.69, 9.17) is 9.47 Å². The fraction of sp³-hybridized carbons (Fsp3) is 0.545. The molecule has 2 amide bonds. The molecule has 43 heavy (non-hydrogen) atoms. The van der Waals surface area contributed by atoms with Crippen molar-refractivity contribution in [1.82, 2.24) is 25.4 Å². The SMILES string of the molecule is CN(CCc1ccccn1)c1ccc2c(c1)CNCC(=O)N1CC[C@@H](CC(=O)NCCN3CCOCC3)[C@@H](/C=C\CO2)C1. The molecule has 1 aromatic heterocycles. The summed E-state index contributed by atoms with van der Waals surface area (Å²) in [6.45, 7) is 8.24. The van der Waals surface area contributed by atoms with Gasteiger partial charge in [-0.3, -0.25) is 19.5 Å². The van der Waals surface area contributed by atoms with Gasteiger partial charge in [0.15, 0.2) is 0 Å². The van der Waals surface area contributed by atoms with E-state index in [9.17, 15) is 9.59 Å². The van der Waals surface area contributed by atoms with Crippen molar-refractivity contribution in [3.05, 3.63) is 66.0 Å². The number of morpholine rings is 1. The van der Waals surface area contributed by atoms with Crippen LogP contribution in [0.1, 0.15) is 24.1 Å². The molecule has 2 atom stereocenters. The first-order valence-corrected chi connectivity index (χ1v) is 15.6. The fourth-order valence-electron chi connectivity index (χ4n) is 6.04. The third-order valence-electron chi connectivity index (χ3n) is 8.69. The molecule has 3 aliphatic heterocycles. The number of likely N-dealkylation sites (N-methyl/N-ethyl adjacent to an activating group) is 1. The summed E-state index contributed by atoms with van der Waals surface area (Å²) in [5.41, 5.74) is 3.18. The Morgan fingerprint density at radius 1 is 1.16 bits per heavy atom. The van der Waals surface area contributed by atoms with Crippen molar-refractivity contribution in [3.8, 4) is 5.75 Å². The highest BCUT2D eigenvalue weighted by Gasteiger charge is 2.31. The molecule has 2 aromatic rings. The third kappa shape index (κ3) is 9.26. The number of benzene rings is 1. The van der Waals surface area contributed by atoms with Gasteiger partial charge in [-0.15, -0.1) is 0 Å². The molecule has 10 heteroatoms. The van der Waals surface area contributed by atoms with Crippen molar-refractivity contribution in [2.24, 2.45) is 11.8 Å². The smallest absolute Gasteiger partial charge is 0.236 e. The maximum Gasteiger partial charge on any atom is 0.236 e. The van der Waals surface area contributed by atoms with Crippen LogP contribution in [0.5, 0.6) is 5.75 Å². The van der Waals surface area contributed by atoms with Crippen LogP contribution in [0, 0.1) is 11.8 Å². The highest BCUT2D eigenvalue weighted by Crippen LogP contribution is 2.29. The second kappa shape index (κ2) is 15.8. The average molecular weight is 591 g/mol. The number of amides is 2. The van der Waals surface area contributed by atoms with Gasteiger partial charge in [0, 0.05) is 95.4 Å². The van der Waals surface area contributed by atoms with Crippen LogP contribution in [0.2, 0.25) is 0 Å². The lowest BCUT2D eigenvalue weighted by Crippen LogP contribution is -2.47. The first-order valence-electron chi connectivity index (χ1n) is 15.6. The molecule has 0 radical (unpaired) electrons. The maximum absolute atomic E-state index is 13.2. The van der Waals surface area contributed by atoms with Crippen LogP contribution in [-0.4, -0.2) is 106 Å². The Balaban J connectivity index is 1.18. The molecule has 2 bridgehead atoms. The molecule has 2 saturated heterocycles. The van der Waals surface area contributed by atoms with Gasteiger partial charge in [-0.05, 0) is 48.6 Å². The molecule has 0 spiro atoms. The van der Waals surface area contributed by atoms with Crippen LogP contribution in [0.25, 0.3) is 0 Å². The summed E-state index contributed by atoms with van der Waals surface area (Å²) in [5.74, 6) is 1.30. The predicted octanol–water partition coefficient (Wildman–Crippen LogP) is 2.10. The van der Waals surface area contributed by atoms with Crippen LogP contribution in [0.15, 0.2) is 54.7 Å². The zero-order chi connectivity index (χ0) is 29.9. The second-order valence-electron chi connectivity index (χ2n) is 11.7. The molecule has 2 fully saturated rings. The Morgan fingerprint density at radius 2 is 2.05 bits per heavy atom. The van der Waals surface area contributed by atoms with E-state index < -0.39 is 0 Å². The normalized spacial score (nSPS) is 22.3. The molecule has 3 aliphatic rings. The van der Waals surface area contributed by atoms with Crippen molar-refractivity contribution in [2.75, 3.05) is 84.1 Å². The molecule has 0 saturated carbocycles. The van der Waals surface area contributed by atoms with Crippen LogP contribution in [0.3, 0.4) is 0 Å². The monoisotopic (exact) mass is 590 g/mol. The van der Waals surface area contributed by atoms with Gasteiger partial charge >= 0.3 is 0 Å². The fourth-order valence-corrected chi connectivity index (χ4v) is 6.04. The van der Waals surface area contributed by atoms with Crippen molar-refractivity contribution in [3.63, 3.8) is 0 Å². The van der Waals surface area contributed by atoms with Gasteiger partial charge in [-0.25, -0.2) is 0 Å². The number of carbonyl (C=O) groups is 2. The van der Waals surface area contributed by atoms with Gasteiger partial charge in [0.2, 0.25) is 11.8 Å². The number of anilines is 1. The molecular formula is C33H46N6O4. The topological polar surface area (TPSA) is 99.3 Å². The maximum atomic E-state index is 13.2. The first kappa shape index (κ1) is 31.0. The van der Waals surface area contributed by atoms with Gasteiger partial charge in [0.05, 0.1) is 19.8 Å². The number of aromatic nitrogens is 1. The summed E-state index contributed by atoms with van der Waals surface area (Å²) < 4.78 is 11.6. The van der Waals surface area contributed by atoms with Crippen molar-refractivity contribution in [2.45, 2.75) is 25.8 Å². The minimum Gasteiger partial charge on any atom is -0.489 e. The summed E-state index contributed by atoms with van der Waals surface area (Å²) in [5, 5.41) is 6.46. The van der Waals surface area contributed by atoms with E-state index in [-0.39, 0.29) is 30.2 Å². The Morgan fingerprint density at radius 3 is 2.88 bits per heavy atom. The number of pyridine rings is 1. The molecule has 0 unspecified atom stereocenters. The van der Waals surface area contributed by atoms with E-state index >= 15 is 0 Å². The Bertz CT molecular complexity index is 1220. The lowest BCUT2D eigenvalue weighted by atomic mass is 9.82. The highest BCUT2D eigenvalue weighted by molar-refractivity contribution is 5.79. The average Bonchev–Trinajstić information content (AvgIpc) is 3.04. The molecule has 232 valence electrons. The minimum absolute atomic E-state index is 0.0852. The van der Waals surface area contributed by atoms with Crippen molar-refractivity contribution >= 4 is 17.5 Å². The van der Waals surface area contributed by atoms with E-state index in [1.165, 1.54) is 0 Å². The van der Waals surface area contributed by atoms with E-state index in [1.54, 1.807) is 0 Å². The number of nitrogens with one attached hydrogen (secondary N) is 2. The molecule has 10 nitrogen and oxygen atoms in total. The zero-order valence-electron chi connectivity index (χ0n) is 25.4. The molecule has 4 heterocycles. The number of piperidine rings is 1. The summed E-state index contributed by atoms with van der Waals surface area (Å²) in [4.78, 5) is 36.9. The predicted molar refractivity (Wildman–Crippen MR) is 167 cm³/mol. The second-order valence-corrected chi connectivity index (χ2v) is 11.7. The number of ether oxygens (including phenoxy) is 2. The van der Waals surface area contributed by atoms with Crippen LogP contribution >= 0.6 is 0 Å². The number of rotatable bonds is 9. The Kier molecular flexibility index (Phi) is 11.4. The summed E-state index contributed by atoms with van der Waals surface area (Å²) in [6.07, 6.45) is 8.16. The van der Waals surface area contributed by atoms with Crippen molar-refractivity contribution < 1.29 is 19.1 Å². The van der Waals surface area contributed by atoms with E-state index in [0.717, 1.165) is 74.9 Å². The largest absolute Gasteiger partial charge is 0.489 e. The Hall–Kier alpha value is -3.47. The van der Waals surface area contributed by atoms with Crippen LogP contribution in [-0.2, 0) is 27.3 Å². The standard InChI is InChI=1S/C33H46N6O4/c1-37(13-10-29-6-2-3-11-35-29)30-7-8-31-28(21-30)23-34-24-33(41)39-14-9-26(27(25-39)5-4-18-43-31)22-32(40)36-12-15-38-16-19-42-20-17-38/h2-8,11,21,26-27,34H,9-10,12-20,22-25H2,1H3,(H,36,40)/b5-4-/t26-,27-/m0/s1. The first-order chi connectivity index (χ1) is 21.0. The lowest BCUT2D eigenvalue weighted by molar-refractivity contribution is -0.132. The number of carbonyl (C=O) groups excluding carboxylic acids is 2. The van der Waals surface area contributed by atoms with Crippen molar-refractivity contribution in [1.29, 1.82) is 0 Å². The minimum atomic E-state index is 0.0852. The van der Waals surface area contributed by atoms with Crippen LogP contribution in [0.4, 0.5) is 5.69 Å². The van der Waals surface area contributed by atoms with Gasteiger partial charge < -0.3 is 29.9 Å². The van der Waals surface area contributed by atoms with Gasteiger partial charge in [-0.1, -0.05) is 18.2 Å². The van der Waals surface area contributed by atoms with Crippen LogP contribution < -0.4 is 20.3 Å².